The predicted molar refractivity (Wildman–Crippen MR) is 576 cm³/mol. The van der Waals surface area contributed by atoms with Gasteiger partial charge >= 0.3 is 0 Å². The third-order valence-electron chi connectivity index (χ3n) is 26.6. The van der Waals surface area contributed by atoms with Gasteiger partial charge in [0, 0.05) is 37.4 Å². The lowest BCUT2D eigenvalue weighted by molar-refractivity contribution is 0.0718. The van der Waals surface area contributed by atoms with Crippen molar-refractivity contribution in [3.63, 3.8) is 0 Å². The number of nitrogens with two attached hydrogens (primary N) is 4. The number of phenolic OH excluding ortho intramolecular Hbond substituents is 2. The number of amides is 4. The van der Waals surface area contributed by atoms with Crippen molar-refractivity contribution in [1.82, 2.24) is 55.1 Å². The van der Waals surface area contributed by atoms with Crippen molar-refractivity contribution in [2.75, 3.05) is 54.6 Å². The number of halogens is 3. The summed E-state index contributed by atoms with van der Waals surface area (Å²) in [5.41, 5.74) is 44.3. The lowest BCUT2D eigenvalue weighted by Crippen LogP contribution is -2.25. The van der Waals surface area contributed by atoms with Gasteiger partial charge in [0.2, 0.25) is 0 Å². The molecule has 16 aromatic rings. The Hall–Kier alpha value is -15.8. The van der Waals surface area contributed by atoms with Crippen LogP contribution in [0.1, 0.15) is 218 Å². The highest BCUT2D eigenvalue weighted by atomic mass is 19.1. The Morgan fingerprint density at radius 2 is 0.685 bits per heavy atom. The first kappa shape index (κ1) is 105. The Labute approximate surface area is 865 Å². The van der Waals surface area contributed by atoms with Crippen LogP contribution in [0.4, 0.5) is 35.9 Å². The van der Waals surface area contributed by atoms with Crippen LogP contribution >= 0.6 is 0 Å². The summed E-state index contributed by atoms with van der Waals surface area (Å²) in [5.74, 6) is 0.0544. The van der Waals surface area contributed by atoms with Gasteiger partial charge in [0.1, 0.15) is 63.6 Å². The van der Waals surface area contributed by atoms with E-state index in [9.17, 15) is 42.6 Å². The summed E-state index contributed by atoms with van der Waals surface area (Å²) in [6.45, 7) is 16.2. The zero-order valence-corrected chi connectivity index (χ0v) is 84.5. The van der Waals surface area contributed by atoms with Crippen LogP contribution in [0.5, 0.6) is 17.2 Å². The van der Waals surface area contributed by atoms with Gasteiger partial charge in [0.25, 0.3) is 23.6 Å². The van der Waals surface area contributed by atoms with Crippen LogP contribution in [0.3, 0.4) is 0 Å². The maximum atomic E-state index is 15.0. The summed E-state index contributed by atoms with van der Waals surface area (Å²) < 4.78 is 63.0. The minimum atomic E-state index is -0.601. The topological polar surface area (TPSA) is 387 Å². The summed E-state index contributed by atoms with van der Waals surface area (Å²) in [7, 11) is 1.63. The van der Waals surface area contributed by atoms with Crippen molar-refractivity contribution < 1.29 is 52.0 Å². The number of anilines is 4. The number of aromatic nitrogens is 8. The number of rotatable bonds is 37. The summed E-state index contributed by atoms with van der Waals surface area (Å²) in [4.78, 5) is 53.5. The number of methoxy groups -OCH3 is 1. The Morgan fingerprint density at radius 1 is 0.349 bits per heavy atom. The Morgan fingerprint density at radius 3 is 1.07 bits per heavy atom. The van der Waals surface area contributed by atoms with E-state index in [-0.39, 0.29) is 58.3 Å². The molecule has 4 aromatic heterocycles. The van der Waals surface area contributed by atoms with Crippen LogP contribution in [0.25, 0.3) is 22.7 Å². The highest BCUT2D eigenvalue weighted by molar-refractivity contribution is 6.06. The van der Waals surface area contributed by atoms with E-state index in [0.717, 1.165) is 111 Å². The van der Waals surface area contributed by atoms with E-state index in [1.807, 2.05) is 160 Å². The highest BCUT2D eigenvalue weighted by Gasteiger charge is 2.32. The maximum Gasteiger partial charge on any atom is 0.274 e. The number of aryl methyl sites for hydroxylation is 6. The Bertz CT molecular complexity index is 7430. The average Bonchev–Trinajstić information content (AvgIpc) is 1.68. The molecular formula is C119H126F3N19O8. The number of hydrogen-bond acceptors (Lipinski definition) is 19. The predicted octanol–water partition coefficient (Wildman–Crippen LogP) is 20.8. The van der Waals surface area contributed by atoms with Crippen LogP contribution < -0.4 is 64.9 Å². The Kier molecular flexibility index (Phi) is 33.9. The molecule has 4 fully saturated rings. The summed E-state index contributed by atoms with van der Waals surface area (Å²) >= 11 is 0. The van der Waals surface area contributed by atoms with Gasteiger partial charge in [-0.1, -0.05) is 151 Å². The average molecular weight is 2010 g/mol. The second kappa shape index (κ2) is 48.3. The molecule has 0 saturated heterocycles. The number of aromatic hydroxyl groups is 2. The quantitative estimate of drug-likeness (QED) is 0.0161. The Balaban J connectivity index is 0.000000135. The van der Waals surface area contributed by atoms with E-state index in [1.165, 1.54) is 90.7 Å². The molecule has 0 bridgehead atoms. The zero-order chi connectivity index (χ0) is 104. The van der Waals surface area contributed by atoms with Crippen molar-refractivity contribution in [2.45, 2.75) is 143 Å². The number of nitrogens with zero attached hydrogens (tertiary/aromatic N) is 8. The number of benzene rings is 12. The number of carbonyl (C=O) groups is 4. The molecule has 4 aliphatic rings. The maximum absolute atomic E-state index is 15.0. The zero-order valence-electron chi connectivity index (χ0n) is 84.5. The fourth-order valence-corrected chi connectivity index (χ4v) is 17.8. The van der Waals surface area contributed by atoms with Crippen LogP contribution in [0.15, 0.2) is 291 Å². The minimum absolute atomic E-state index is 0.00472. The molecule has 4 heterocycles. The minimum Gasteiger partial charge on any atom is -0.508 e. The summed E-state index contributed by atoms with van der Waals surface area (Å²) in [6, 6.07) is 87.3. The second-order valence-corrected chi connectivity index (χ2v) is 38.8. The molecule has 17 N–H and O–H groups in total. The molecule has 0 radical (unpaired) electrons. The monoisotopic (exact) mass is 2010 g/mol. The van der Waals surface area contributed by atoms with E-state index in [1.54, 1.807) is 88.7 Å². The lowest BCUT2D eigenvalue weighted by Gasteiger charge is -2.22. The van der Waals surface area contributed by atoms with Gasteiger partial charge in [-0.2, -0.15) is 20.4 Å². The molecule has 4 atom stereocenters. The molecule has 4 amide bonds. The molecule has 0 aliphatic heterocycles. The highest BCUT2D eigenvalue weighted by Crippen LogP contribution is 2.41. The number of phenols is 2. The first-order valence-corrected chi connectivity index (χ1v) is 50.5. The molecule has 149 heavy (non-hydrogen) atoms. The number of carbonyl (C=O) groups excluding carboxylic acids is 4. The van der Waals surface area contributed by atoms with E-state index in [4.69, 9.17) is 32.4 Å². The molecule has 4 aliphatic carbocycles. The number of ether oxygens (including phenoxy) is 2. The molecule has 4 saturated carbocycles. The number of nitrogens with one attached hydrogen (secondary N) is 7. The standard InChI is InChI=1S/C30H32FN5O2.C30H32FN5O.C30H32N4O2.C29H30FN5O3/c1-19-13-28(36(35-19)24-7-3-5-21(14-24)17-32)30(37)34-27-16-23(11-12-26(27)31)29(33-18-20-9-10-20)22-6-4-8-25(15-22)38-2;1-19-6-10-23(11-7-19)29(33-18-21-8-9-21)24-12-13-26(31)27(16-24)34-30(37)28-14-20(2)35-36(28)25-5-3-4-22(15-25)17-32;1-20-9-13-24(14-10-20)29(36-19-22-11-12-22)25-6-4-7-26(17-25)32-30(35)28-15-21(2)33-34(28)27-8-3-5-23(16-27)18-31;1-17-11-26(35(34-17)21-4-2-3-19(12-21)15-31)29(38)33-25-13-20(7-9-24(25)30)28(32-16-18-5-6-18)23-14-22(36)8-10-27(23)37/h3-8,11-16,20,29,33H,9-10,17-18,32H2,1-2H3,(H,34,37);3-7,10-16,21,29,33H,8-9,17-18,32H2,1-2H3,(H,34,37);3-10,13-17,22,29H,11-12,18-19,31H2,1-2H3,(H,32,35);2-4,7-14,18,28,32,36-37H,5-6,15-16,31H2,1H3,(H,33,38). The van der Waals surface area contributed by atoms with Gasteiger partial charge in [0.15, 0.2) is 0 Å². The molecular weight excluding hydrogens is 1880 g/mol. The van der Waals surface area contributed by atoms with Crippen molar-refractivity contribution in [3.8, 4) is 40.0 Å². The number of hydrogen-bond donors (Lipinski definition) is 13. The largest absolute Gasteiger partial charge is 0.508 e. The van der Waals surface area contributed by atoms with Gasteiger partial charge in [-0.15, -0.1) is 0 Å². The molecule has 30 heteroatoms. The van der Waals surface area contributed by atoms with Crippen molar-refractivity contribution in [3.05, 3.63) is 432 Å². The van der Waals surface area contributed by atoms with Crippen molar-refractivity contribution >= 4 is 46.4 Å². The third kappa shape index (κ3) is 27.4. The summed E-state index contributed by atoms with van der Waals surface area (Å²) in [5, 5.41) is 60.6. The van der Waals surface area contributed by atoms with Gasteiger partial charge in [0.05, 0.1) is 94.4 Å². The van der Waals surface area contributed by atoms with Gasteiger partial charge in [-0.05, 0) is 349 Å². The molecule has 20 rings (SSSR count). The van der Waals surface area contributed by atoms with Gasteiger partial charge < -0.3 is 79.8 Å². The van der Waals surface area contributed by atoms with E-state index >= 15 is 0 Å². The fourth-order valence-electron chi connectivity index (χ4n) is 17.8. The SMILES string of the molecule is COc1cccc(C(NCC2CC2)c2ccc(F)c(NC(=O)c3cc(C)nn3-c3cccc(CN)c3)c2)c1.Cc1cc(C(=O)Nc2cc(C(NCC3CC3)c3cc(O)ccc3O)ccc2F)n(-c2cccc(CN)c2)n1.Cc1ccc(C(NCC2CC2)c2ccc(F)c(NC(=O)c3cc(C)nn3-c3cccc(CN)c3)c2)cc1.Cc1ccc(C(OCC2CC2)c2cccc(NC(=O)c3cc(C)nn3-c3cccc(CN)c3)c2)cc1. The van der Waals surface area contributed by atoms with E-state index in [2.05, 4.69) is 126 Å². The van der Waals surface area contributed by atoms with E-state index in [0.29, 0.717) is 119 Å². The van der Waals surface area contributed by atoms with Crippen LogP contribution in [0, 0.1) is 82.7 Å². The van der Waals surface area contributed by atoms with Crippen molar-refractivity contribution in [2.24, 2.45) is 46.6 Å². The molecule has 4 unspecified atom stereocenters. The van der Waals surface area contributed by atoms with Crippen molar-refractivity contribution in [1.29, 1.82) is 0 Å². The van der Waals surface area contributed by atoms with Crippen LogP contribution in [-0.4, -0.2) is 106 Å². The fraction of sp³-hybridized carbons (Fsp3) is 0.261. The molecule has 12 aromatic carbocycles. The van der Waals surface area contributed by atoms with E-state index < -0.39 is 41.2 Å². The van der Waals surface area contributed by atoms with Gasteiger partial charge in [-0.3, -0.25) is 19.2 Å². The third-order valence-corrected chi connectivity index (χ3v) is 26.6. The smallest absolute Gasteiger partial charge is 0.274 e. The first-order valence-electron chi connectivity index (χ1n) is 50.5. The van der Waals surface area contributed by atoms with Crippen LogP contribution in [0.2, 0.25) is 0 Å². The van der Waals surface area contributed by atoms with Gasteiger partial charge in [-0.25, -0.2) is 31.9 Å². The molecule has 766 valence electrons. The molecule has 27 nitrogen and oxygen atoms in total. The van der Waals surface area contributed by atoms with Crippen LogP contribution in [-0.2, 0) is 30.9 Å². The lowest BCUT2D eigenvalue weighted by atomic mass is 9.96. The molecule has 0 spiro atoms. The first-order chi connectivity index (χ1) is 72.2. The normalized spacial score (nSPS) is 13.9. The summed E-state index contributed by atoms with van der Waals surface area (Å²) in [6.07, 6.45) is 9.42. The second-order valence-electron chi connectivity index (χ2n) is 38.8.